The lowest BCUT2D eigenvalue weighted by atomic mass is 9.97. The molecule has 0 N–H and O–H groups in total. The van der Waals surface area contributed by atoms with Crippen molar-refractivity contribution in [1.29, 1.82) is 0 Å². The highest BCUT2D eigenvalue weighted by molar-refractivity contribution is 8.23. The molecule has 102 valence electrons. The molecule has 1 fully saturated rings. The highest BCUT2D eigenvalue weighted by atomic mass is 32.2. The van der Waals surface area contributed by atoms with Crippen molar-refractivity contribution in [2.24, 2.45) is 0 Å². The Kier molecular flexibility index (Phi) is 4.08. The maximum atomic E-state index is 5.58. The average molecular weight is 299 g/mol. The van der Waals surface area contributed by atoms with E-state index in [1.54, 1.807) is 0 Å². The molecule has 0 spiro atoms. The Hall–Kier alpha value is -1.32. The van der Waals surface area contributed by atoms with E-state index in [9.17, 15) is 0 Å². The third kappa shape index (κ3) is 2.48. The van der Waals surface area contributed by atoms with Crippen LogP contribution in [0.1, 0.15) is 29.3 Å². The van der Waals surface area contributed by atoms with Gasteiger partial charge in [-0.15, -0.1) is 0 Å². The van der Waals surface area contributed by atoms with Gasteiger partial charge in [-0.05, 0) is 18.1 Å². The first-order chi connectivity index (χ1) is 9.81. The van der Waals surface area contributed by atoms with E-state index in [0.717, 1.165) is 10.9 Å². The van der Waals surface area contributed by atoms with E-state index in [-0.39, 0.29) is 0 Å². The van der Waals surface area contributed by atoms with E-state index in [1.807, 2.05) is 11.8 Å². The van der Waals surface area contributed by atoms with Gasteiger partial charge >= 0.3 is 0 Å². The summed E-state index contributed by atoms with van der Waals surface area (Å²) >= 11 is 7.39. The third-order valence-corrected chi connectivity index (χ3v) is 5.44. The summed E-state index contributed by atoms with van der Waals surface area (Å²) in [5, 5.41) is 0.381. The van der Waals surface area contributed by atoms with Crippen LogP contribution in [-0.4, -0.2) is 15.8 Å². The number of rotatable bonds is 3. The molecule has 1 aliphatic rings. The summed E-state index contributed by atoms with van der Waals surface area (Å²) in [6.07, 6.45) is 0. The lowest BCUT2D eigenvalue weighted by Crippen LogP contribution is -2.27. The van der Waals surface area contributed by atoms with Crippen LogP contribution >= 0.6 is 24.0 Å². The molecular formula is C17H17NS2. The molecule has 0 saturated carbocycles. The van der Waals surface area contributed by atoms with Crippen LogP contribution in [0.5, 0.6) is 0 Å². The second-order valence-corrected chi connectivity index (χ2v) is 6.63. The molecule has 0 aliphatic carbocycles. The van der Waals surface area contributed by atoms with Crippen LogP contribution < -0.4 is 0 Å². The van der Waals surface area contributed by atoms with Gasteiger partial charge in [-0.25, -0.2) is 0 Å². The van der Waals surface area contributed by atoms with Gasteiger partial charge in [0.2, 0.25) is 0 Å². The molecule has 0 bridgehead atoms. The fourth-order valence-corrected chi connectivity index (χ4v) is 4.62. The van der Waals surface area contributed by atoms with Gasteiger partial charge in [0.1, 0.15) is 4.32 Å². The molecule has 1 saturated heterocycles. The molecule has 3 rings (SSSR count). The largest absolute Gasteiger partial charge is 0.349 e. The minimum absolute atomic E-state index is 0.334. The smallest absolute Gasteiger partial charge is 0.137 e. The number of benzene rings is 2. The highest BCUT2D eigenvalue weighted by Crippen LogP contribution is 2.51. The summed E-state index contributed by atoms with van der Waals surface area (Å²) in [6.45, 7) is 3.13. The van der Waals surface area contributed by atoms with E-state index < -0.39 is 0 Å². The van der Waals surface area contributed by atoms with Crippen molar-refractivity contribution >= 4 is 28.3 Å². The quantitative estimate of drug-likeness (QED) is 0.748. The summed E-state index contributed by atoms with van der Waals surface area (Å²) in [6, 6.07) is 21.7. The number of hydrogen-bond donors (Lipinski definition) is 0. The van der Waals surface area contributed by atoms with Crippen molar-refractivity contribution in [3.8, 4) is 0 Å². The maximum Gasteiger partial charge on any atom is 0.137 e. The van der Waals surface area contributed by atoms with Crippen molar-refractivity contribution in [3.63, 3.8) is 0 Å². The van der Waals surface area contributed by atoms with Crippen LogP contribution in [-0.2, 0) is 0 Å². The molecule has 0 radical (unpaired) electrons. The van der Waals surface area contributed by atoms with Crippen LogP contribution in [0.4, 0.5) is 0 Å². The average Bonchev–Trinajstić information content (AvgIpc) is 2.85. The fourth-order valence-electron chi connectivity index (χ4n) is 2.74. The predicted octanol–water partition coefficient (Wildman–Crippen LogP) is 4.82. The zero-order chi connectivity index (χ0) is 13.9. The summed E-state index contributed by atoms with van der Waals surface area (Å²) in [7, 11) is 0. The Morgan fingerprint density at radius 1 is 0.950 bits per heavy atom. The summed E-state index contributed by atoms with van der Waals surface area (Å²) in [5.74, 6) is 0. The number of thiocarbonyl (C=S) groups is 1. The molecule has 0 aromatic heterocycles. The highest BCUT2D eigenvalue weighted by Gasteiger charge is 2.39. The molecule has 2 aromatic carbocycles. The zero-order valence-corrected chi connectivity index (χ0v) is 13.0. The fraction of sp³-hybridized carbons (Fsp3) is 0.235. The standard InChI is InChI=1S/C17H17NS2/c1-2-18-15(13-9-5-3-6-10-13)16(20-17(18)19)14-11-7-4-8-12-14/h3-12,15-16H,2H2,1H3. The van der Waals surface area contributed by atoms with Gasteiger partial charge in [-0.3, -0.25) is 0 Å². The van der Waals surface area contributed by atoms with Crippen molar-refractivity contribution in [1.82, 2.24) is 4.90 Å². The second-order valence-electron chi connectivity index (χ2n) is 4.86. The van der Waals surface area contributed by atoms with Crippen molar-refractivity contribution in [2.75, 3.05) is 6.54 Å². The normalized spacial score (nSPS) is 22.2. The predicted molar refractivity (Wildman–Crippen MR) is 90.9 cm³/mol. The Labute approximate surface area is 130 Å². The monoisotopic (exact) mass is 299 g/mol. The van der Waals surface area contributed by atoms with Crippen LogP contribution in [0.25, 0.3) is 0 Å². The van der Waals surface area contributed by atoms with E-state index >= 15 is 0 Å². The van der Waals surface area contributed by atoms with Gasteiger partial charge in [-0.1, -0.05) is 84.6 Å². The molecule has 20 heavy (non-hydrogen) atoms. The van der Waals surface area contributed by atoms with Gasteiger partial charge < -0.3 is 4.90 Å². The zero-order valence-electron chi connectivity index (χ0n) is 11.4. The first-order valence-electron chi connectivity index (χ1n) is 6.88. The minimum atomic E-state index is 0.334. The van der Waals surface area contributed by atoms with Gasteiger partial charge in [0.05, 0.1) is 11.3 Å². The third-order valence-electron chi connectivity index (χ3n) is 3.69. The van der Waals surface area contributed by atoms with Crippen LogP contribution in [0.3, 0.4) is 0 Å². The van der Waals surface area contributed by atoms with E-state index in [2.05, 4.69) is 72.5 Å². The lowest BCUT2D eigenvalue weighted by Gasteiger charge is -2.27. The summed E-state index contributed by atoms with van der Waals surface area (Å²) in [5.41, 5.74) is 2.69. The lowest BCUT2D eigenvalue weighted by molar-refractivity contribution is 0.347. The molecule has 1 nitrogen and oxygen atoms in total. The molecular weight excluding hydrogens is 282 g/mol. The first kappa shape index (κ1) is 13.7. The topological polar surface area (TPSA) is 3.24 Å². The van der Waals surface area contributed by atoms with Crippen LogP contribution in [0.2, 0.25) is 0 Å². The molecule has 2 atom stereocenters. The van der Waals surface area contributed by atoms with Gasteiger partial charge in [0.15, 0.2) is 0 Å². The van der Waals surface area contributed by atoms with Gasteiger partial charge in [-0.2, -0.15) is 0 Å². The Morgan fingerprint density at radius 3 is 2.05 bits per heavy atom. The van der Waals surface area contributed by atoms with E-state index in [1.165, 1.54) is 11.1 Å². The summed E-state index contributed by atoms with van der Waals surface area (Å²) in [4.78, 5) is 2.34. The van der Waals surface area contributed by atoms with Gasteiger partial charge in [0, 0.05) is 6.54 Å². The molecule has 0 amide bonds. The van der Waals surface area contributed by atoms with Crippen LogP contribution in [0.15, 0.2) is 60.7 Å². The molecule has 2 aromatic rings. The van der Waals surface area contributed by atoms with E-state index in [4.69, 9.17) is 12.2 Å². The van der Waals surface area contributed by atoms with Crippen molar-refractivity contribution in [3.05, 3.63) is 71.8 Å². The molecule has 1 aliphatic heterocycles. The minimum Gasteiger partial charge on any atom is -0.349 e. The SMILES string of the molecule is CCN1C(=S)SC(c2ccccc2)C1c1ccccc1. The van der Waals surface area contributed by atoms with Crippen molar-refractivity contribution in [2.45, 2.75) is 18.2 Å². The van der Waals surface area contributed by atoms with Crippen LogP contribution in [0, 0.1) is 0 Å². The number of nitrogens with zero attached hydrogens (tertiary/aromatic N) is 1. The summed E-state index contributed by atoms with van der Waals surface area (Å²) < 4.78 is 1.01. The van der Waals surface area contributed by atoms with E-state index in [0.29, 0.717) is 11.3 Å². The molecule has 2 unspecified atom stereocenters. The first-order valence-corrected chi connectivity index (χ1v) is 8.17. The number of likely N-dealkylation sites (N-methyl/N-ethyl adjacent to an activating group) is 1. The number of thioether (sulfide) groups is 1. The Morgan fingerprint density at radius 2 is 1.50 bits per heavy atom. The number of hydrogen-bond acceptors (Lipinski definition) is 2. The molecule has 3 heteroatoms. The second kappa shape index (κ2) is 5.98. The Bertz CT molecular complexity index is 582. The van der Waals surface area contributed by atoms with Gasteiger partial charge in [0.25, 0.3) is 0 Å². The Balaban J connectivity index is 2.03. The molecule has 1 heterocycles. The van der Waals surface area contributed by atoms with Crippen molar-refractivity contribution < 1.29 is 0 Å². The maximum absolute atomic E-state index is 5.58.